The van der Waals surface area contributed by atoms with E-state index in [0.29, 0.717) is 0 Å². The molecule has 0 aromatic carbocycles. The molecule has 6 N–H and O–H groups in total. The molecule has 0 aliphatic carbocycles. The zero-order valence-electron chi connectivity index (χ0n) is 8.46. The molecule has 8 heteroatoms. The largest absolute Gasteiger partial charge is 0.481 e. The molecule has 0 amide bonds. The molecule has 0 rings (SSSR count). The minimum atomic E-state index is -1.31. The molecule has 8 nitrogen and oxygen atoms in total. The highest BCUT2D eigenvalue weighted by Gasteiger charge is 2.19. The Balaban J connectivity index is 3.87. The van der Waals surface area contributed by atoms with Gasteiger partial charge in [0.15, 0.2) is 0 Å². The summed E-state index contributed by atoms with van der Waals surface area (Å²) in [7, 11) is 0. The van der Waals surface area contributed by atoms with Gasteiger partial charge in [-0.3, -0.25) is 14.4 Å². The van der Waals surface area contributed by atoms with Crippen LogP contribution in [0.25, 0.3) is 0 Å². The van der Waals surface area contributed by atoms with Crippen molar-refractivity contribution in [3.63, 3.8) is 0 Å². The zero-order chi connectivity index (χ0) is 12.7. The van der Waals surface area contributed by atoms with E-state index >= 15 is 0 Å². The van der Waals surface area contributed by atoms with E-state index in [9.17, 15) is 14.4 Å². The van der Waals surface area contributed by atoms with Crippen LogP contribution in [0.1, 0.15) is 12.8 Å². The van der Waals surface area contributed by atoms with Gasteiger partial charge in [-0.2, -0.15) is 0 Å². The summed E-state index contributed by atoms with van der Waals surface area (Å²) in [6, 6.07) is -2.40. The van der Waals surface area contributed by atoms with Crippen LogP contribution >= 0.6 is 0 Å². The Hall–Kier alpha value is -1.67. The highest BCUT2D eigenvalue weighted by molar-refractivity contribution is 5.78. The van der Waals surface area contributed by atoms with E-state index in [-0.39, 0.29) is 12.8 Å². The Labute approximate surface area is 91.2 Å². The molecule has 0 fully saturated rings. The summed E-state index contributed by atoms with van der Waals surface area (Å²) in [4.78, 5) is 31.5. The number of carboxylic acid groups (broad SMARTS) is 2. The molecule has 2 unspecified atom stereocenters. The Morgan fingerprint density at radius 3 is 2.12 bits per heavy atom. The van der Waals surface area contributed by atoms with Crippen molar-refractivity contribution >= 4 is 17.9 Å². The van der Waals surface area contributed by atoms with Crippen LogP contribution in [0.3, 0.4) is 0 Å². The van der Waals surface area contributed by atoms with Crippen LogP contribution in [0.5, 0.6) is 0 Å². The molecule has 0 bridgehead atoms. The number of carbonyl (C=O) groups is 3. The lowest BCUT2D eigenvalue weighted by atomic mass is 10.2. The molecular formula is C8H14N2O6. The second-order valence-corrected chi connectivity index (χ2v) is 3.11. The third-order valence-electron chi connectivity index (χ3n) is 1.69. The van der Waals surface area contributed by atoms with Gasteiger partial charge in [0.05, 0.1) is 0 Å². The molecule has 0 aromatic rings. The van der Waals surface area contributed by atoms with Crippen molar-refractivity contribution in [3.05, 3.63) is 0 Å². The molecule has 2 atom stereocenters. The van der Waals surface area contributed by atoms with Crippen LogP contribution in [-0.4, -0.2) is 46.8 Å². The molecule has 0 spiro atoms. The Morgan fingerprint density at radius 1 is 1.12 bits per heavy atom. The van der Waals surface area contributed by atoms with Gasteiger partial charge < -0.3 is 26.4 Å². The van der Waals surface area contributed by atoms with Crippen molar-refractivity contribution < 1.29 is 29.3 Å². The quantitative estimate of drug-likeness (QED) is 0.374. The van der Waals surface area contributed by atoms with Gasteiger partial charge in [0.25, 0.3) is 0 Å². The van der Waals surface area contributed by atoms with Gasteiger partial charge in [-0.25, -0.2) is 0 Å². The summed E-state index contributed by atoms with van der Waals surface area (Å²) in [5, 5.41) is 16.7. The third-order valence-corrected chi connectivity index (χ3v) is 1.69. The van der Waals surface area contributed by atoms with E-state index in [1.807, 2.05) is 0 Å². The van der Waals surface area contributed by atoms with Gasteiger partial charge in [-0.1, -0.05) is 0 Å². The van der Waals surface area contributed by atoms with Gasteiger partial charge in [-0.05, 0) is 6.42 Å². The normalized spacial score (nSPS) is 13.9. The van der Waals surface area contributed by atoms with E-state index in [4.69, 9.17) is 21.7 Å². The molecule has 0 aromatic heterocycles. The van der Waals surface area contributed by atoms with Crippen molar-refractivity contribution in [1.29, 1.82) is 0 Å². The number of carboxylic acids is 2. The second kappa shape index (κ2) is 6.75. The lowest BCUT2D eigenvalue weighted by Crippen LogP contribution is -2.39. The number of carbonyl (C=O) groups excluding carboxylic acids is 1. The summed E-state index contributed by atoms with van der Waals surface area (Å²) in [6.45, 7) is -0.491. The van der Waals surface area contributed by atoms with E-state index in [2.05, 4.69) is 4.74 Å². The van der Waals surface area contributed by atoms with E-state index in [1.54, 1.807) is 0 Å². The first-order valence-electron chi connectivity index (χ1n) is 4.47. The number of nitrogens with two attached hydrogens (primary N) is 2. The van der Waals surface area contributed by atoms with E-state index < -0.39 is 36.6 Å². The maximum Gasteiger partial charge on any atom is 0.324 e. The average molecular weight is 234 g/mol. The standard InChI is InChI=1S/C8H14N2O6/c9-4(1-2-6(11)12)8(15)16-3-5(10)7(13)14/h4-5H,1-3,9-10H2,(H,11,12)(H,13,14). The van der Waals surface area contributed by atoms with Crippen LogP contribution in [0.2, 0.25) is 0 Å². The summed E-state index contributed by atoms with van der Waals surface area (Å²) in [6.07, 6.45) is -0.336. The van der Waals surface area contributed by atoms with Gasteiger partial charge in [-0.15, -0.1) is 0 Å². The van der Waals surface area contributed by atoms with Crippen molar-refractivity contribution in [1.82, 2.24) is 0 Å². The first-order chi connectivity index (χ1) is 7.34. The van der Waals surface area contributed by atoms with E-state index in [0.717, 1.165) is 0 Å². The van der Waals surface area contributed by atoms with Gasteiger partial charge >= 0.3 is 17.9 Å². The predicted molar refractivity (Wildman–Crippen MR) is 51.4 cm³/mol. The summed E-state index contributed by atoms with van der Waals surface area (Å²) < 4.78 is 4.50. The van der Waals surface area contributed by atoms with Crippen LogP contribution < -0.4 is 11.5 Å². The van der Waals surface area contributed by atoms with Crippen molar-refractivity contribution in [2.24, 2.45) is 11.5 Å². The van der Waals surface area contributed by atoms with Gasteiger partial charge in [0.1, 0.15) is 18.7 Å². The fraction of sp³-hybridized carbons (Fsp3) is 0.625. The first-order valence-corrected chi connectivity index (χ1v) is 4.47. The van der Waals surface area contributed by atoms with Gasteiger partial charge in [0, 0.05) is 6.42 Å². The van der Waals surface area contributed by atoms with Crippen LogP contribution in [-0.2, 0) is 19.1 Å². The number of ether oxygens (including phenoxy) is 1. The number of aliphatic carboxylic acids is 2. The third kappa shape index (κ3) is 5.94. The molecule has 0 saturated carbocycles. The number of rotatable bonds is 7. The van der Waals surface area contributed by atoms with Crippen LogP contribution in [0.15, 0.2) is 0 Å². The monoisotopic (exact) mass is 234 g/mol. The van der Waals surface area contributed by atoms with Gasteiger partial charge in [0.2, 0.25) is 0 Å². The first kappa shape index (κ1) is 14.3. The number of hydrogen-bond acceptors (Lipinski definition) is 6. The lowest BCUT2D eigenvalue weighted by Gasteiger charge is -2.12. The molecule has 0 aliphatic heterocycles. The molecule has 0 saturated heterocycles. The minimum Gasteiger partial charge on any atom is -0.481 e. The molecule has 0 heterocycles. The SMILES string of the molecule is NC(COC(=O)C(N)CCC(=O)O)C(=O)O. The Kier molecular flexibility index (Phi) is 6.04. The van der Waals surface area contributed by atoms with Crippen molar-refractivity contribution in [3.8, 4) is 0 Å². The lowest BCUT2D eigenvalue weighted by molar-refractivity contribution is -0.149. The smallest absolute Gasteiger partial charge is 0.324 e. The predicted octanol–water partition coefficient (Wildman–Crippen LogP) is -1.87. The average Bonchev–Trinajstić information content (AvgIpc) is 2.21. The van der Waals surface area contributed by atoms with Crippen LogP contribution in [0, 0.1) is 0 Å². The summed E-state index contributed by atoms with van der Waals surface area (Å²) in [5.41, 5.74) is 10.4. The number of hydrogen-bond donors (Lipinski definition) is 4. The fourth-order valence-electron chi connectivity index (χ4n) is 0.747. The Morgan fingerprint density at radius 2 is 1.69 bits per heavy atom. The second-order valence-electron chi connectivity index (χ2n) is 3.11. The summed E-state index contributed by atoms with van der Waals surface area (Å²) in [5.74, 6) is -3.24. The minimum absolute atomic E-state index is 0.0729. The molecular weight excluding hydrogens is 220 g/mol. The maximum absolute atomic E-state index is 11.1. The van der Waals surface area contributed by atoms with E-state index in [1.165, 1.54) is 0 Å². The fourth-order valence-corrected chi connectivity index (χ4v) is 0.747. The highest BCUT2D eigenvalue weighted by atomic mass is 16.5. The molecule has 16 heavy (non-hydrogen) atoms. The molecule has 0 aliphatic rings. The van der Waals surface area contributed by atoms with Crippen molar-refractivity contribution in [2.45, 2.75) is 24.9 Å². The molecule has 0 radical (unpaired) electrons. The van der Waals surface area contributed by atoms with Crippen molar-refractivity contribution in [2.75, 3.05) is 6.61 Å². The Bertz CT molecular complexity index is 280. The maximum atomic E-state index is 11.1. The highest BCUT2D eigenvalue weighted by Crippen LogP contribution is 1.97. The van der Waals surface area contributed by atoms with Crippen LogP contribution in [0.4, 0.5) is 0 Å². The molecule has 92 valence electrons. The topological polar surface area (TPSA) is 153 Å². The summed E-state index contributed by atoms with van der Waals surface area (Å²) >= 11 is 0. The zero-order valence-corrected chi connectivity index (χ0v) is 8.46. The number of esters is 1.